The quantitative estimate of drug-likeness (QED) is 0.535. The van der Waals surface area contributed by atoms with Gasteiger partial charge in [0.05, 0.1) is 45.7 Å². The summed E-state index contributed by atoms with van der Waals surface area (Å²) in [6.07, 6.45) is 0.779. The number of methoxy groups -OCH3 is 1. The molecule has 5 nitrogen and oxygen atoms in total. The number of ether oxygens (including phenoxy) is 3. The summed E-state index contributed by atoms with van der Waals surface area (Å²) in [7, 11) is 1.36. The highest BCUT2D eigenvalue weighted by molar-refractivity contribution is 5.89. The van der Waals surface area contributed by atoms with Crippen molar-refractivity contribution in [2.75, 3.05) is 40.1 Å². The molecule has 1 N–H and O–H groups in total. The van der Waals surface area contributed by atoms with E-state index >= 15 is 0 Å². The van der Waals surface area contributed by atoms with Crippen LogP contribution in [0.3, 0.4) is 0 Å². The minimum Gasteiger partial charge on any atom is -0.465 e. The van der Waals surface area contributed by atoms with Gasteiger partial charge in [0, 0.05) is 0 Å². The second-order valence-electron chi connectivity index (χ2n) is 3.89. The maximum Gasteiger partial charge on any atom is 0.337 e. The molecule has 1 aromatic rings. The van der Waals surface area contributed by atoms with Gasteiger partial charge in [-0.25, -0.2) is 4.79 Å². The van der Waals surface area contributed by atoms with Gasteiger partial charge in [-0.3, -0.25) is 0 Å². The second kappa shape index (κ2) is 9.49. The van der Waals surface area contributed by atoms with Crippen LogP contribution in [0.1, 0.15) is 15.9 Å². The lowest BCUT2D eigenvalue weighted by Crippen LogP contribution is -2.09. The predicted octanol–water partition coefficient (Wildman–Crippen LogP) is 1.04. The van der Waals surface area contributed by atoms with E-state index in [2.05, 4.69) is 4.74 Å². The molecule has 0 aliphatic heterocycles. The van der Waals surface area contributed by atoms with Crippen molar-refractivity contribution < 1.29 is 24.1 Å². The van der Waals surface area contributed by atoms with Crippen LogP contribution in [0.4, 0.5) is 0 Å². The summed E-state index contributed by atoms with van der Waals surface area (Å²) in [5.74, 6) is -0.330. The molecule has 0 heterocycles. The fourth-order valence-electron chi connectivity index (χ4n) is 1.50. The first kappa shape index (κ1) is 15.6. The van der Waals surface area contributed by atoms with Crippen LogP contribution in [0.25, 0.3) is 0 Å². The third kappa shape index (κ3) is 6.33. The average molecular weight is 268 g/mol. The van der Waals surface area contributed by atoms with Crippen LogP contribution in [0.2, 0.25) is 0 Å². The van der Waals surface area contributed by atoms with E-state index in [0.29, 0.717) is 32.0 Å². The highest BCUT2D eigenvalue weighted by Gasteiger charge is 2.03. The molecule has 0 fully saturated rings. The molecule has 0 amide bonds. The van der Waals surface area contributed by atoms with Crippen LogP contribution >= 0.6 is 0 Å². The second-order valence-corrected chi connectivity index (χ2v) is 3.89. The summed E-state index contributed by atoms with van der Waals surface area (Å²) in [6, 6.07) is 7.26. The first-order valence-electron chi connectivity index (χ1n) is 6.21. The maximum atomic E-state index is 11.2. The molecule has 1 aromatic carbocycles. The van der Waals surface area contributed by atoms with Crippen LogP contribution in [0, 0.1) is 0 Å². The summed E-state index contributed by atoms with van der Waals surface area (Å²) in [6.45, 7) is 1.98. The maximum absolute atomic E-state index is 11.2. The Morgan fingerprint density at radius 2 is 1.68 bits per heavy atom. The third-order valence-corrected chi connectivity index (χ3v) is 2.52. The van der Waals surface area contributed by atoms with Crippen molar-refractivity contribution in [2.24, 2.45) is 0 Å². The van der Waals surface area contributed by atoms with Gasteiger partial charge in [-0.05, 0) is 24.1 Å². The Balaban J connectivity index is 2.18. The molecule has 0 saturated heterocycles. The van der Waals surface area contributed by atoms with Gasteiger partial charge in [0.2, 0.25) is 0 Å². The zero-order valence-corrected chi connectivity index (χ0v) is 11.1. The van der Waals surface area contributed by atoms with E-state index in [0.717, 1.165) is 12.0 Å². The lowest BCUT2D eigenvalue weighted by molar-refractivity contribution is 0.0340. The standard InChI is InChI=1S/C14H20O5/c1-17-14(16)13-4-2-12(3-5-13)6-8-18-10-11-19-9-7-15/h2-5,15H,6-11H2,1H3. The number of aliphatic hydroxyl groups excluding tert-OH is 1. The molecule has 0 aliphatic carbocycles. The minimum absolute atomic E-state index is 0.0343. The van der Waals surface area contributed by atoms with Gasteiger partial charge < -0.3 is 19.3 Å². The summed E-state index contributed by atoms with van der Waals surface area (Å²) >= 11 is 0. The number of carbonyl (C=O) groups excluding carboxylic acids is 1. The number of carbonyl (C=O) groups is 1. The zero-order valence-electron chi connectivity index (χ0n) is 11.1. The van der Waals surface area contributed by atoms with E-state index in [1.807, 2.05) is 12.1 Å². The molecule has 106 valence electrons. The van der Waals surface area contributed by atoms with Crippen molar-refractivity contribution in [1.82, 2.24) is 0 Å². The lowest BCUT2D eigenvalue weighted by Gasteiger charge is -2.05. The molecular formula is C14H20O5. The van der Waals surface area contributed by atoms with Crippen molar-refractivity contribution in [3.05, 3.63) is 35.4 Å². The van der Waals surface area contributed by atoms with Crippen LogP contribution in [0.15, 0.2) is 24.3 Å². The Kier molecular flexibility index (Phi) is 7.81. The molecular weight excluding hydrogens is 248 g/mol. The van der Waals surface area contributed by atoms with E-state index in [-0.39, 0.29) is 12.6 Å². The van der Waals surface area contributed by atoms with Crippen molar-refractivity contribution in [3.63, 3.8) is 0 Å². The van der Waals surface area contributed by atoms with Gasteiger partial charge in [0.1, 0.15) is 0 Å². The molecule has 0 spiro atoms. The number of hydrogen-bond acceptors (Lipinski definition) is 5. The van der Waals surface area contributed by atoms with Gasteiger partial charge in [0.15, 0.2) is 0 Å². The molecule has 0 unspecified atom stereocenters. The number of esters is 1. The molecule has 0 bridgehead atoms. The first-order chi connectivity index (χ1) is 9.27. The predicted molar refractivity (Wildman–Crippen MR) is 70.2 cm³/mol. The van der Waals surface area contributed by atoms with Gasteiger partial charge in [-0.1, -0.05) is 12.1 Å². The summed E-state index contributed by atoms with van der Waals surface area (Å²) < 4.78 is 15.1. The van der Waals surface area contributed by atoms with Gasteiger partial charge >= 0.3 is 5.97 Å². The largest absolute Gasteiger partial charge is 0.465 e. The molecule has 0 aromatic heterocycles. The highest BCUT2D eigenvalue weighted by Crippen LogP contribution is 2.06. The Morgan fingerprint density at radius 1 is 1.05 bits per heavy atom. The molecule has 1 rings (SSSR count). The zero-order chi connectivity index (χ0) is 13.9. The van der Waals surface area contributed by atoms with Gasteiger partial charge in [-0.15, -0.1) is 0 Å². The first-order valence-corrected chi connectivity index (χ1v) is 6.21. The minimum atomic E-state index is -0.330. The Morgan fingerprint density at radius 3 is 2.26 bits per heavy atom. The van der Waals surface area contributed by atoms with Crippen LogP contribution < -0.4 is 0 Å². The van der Waals surface area contributed by atoms with Crippen molar-refractivity contribution >= 4 is 5.97 Å². The topological polar surface area (TPSA) is 65.0 Å². The fourth-order valence-corrected chi connectivity index (χ4v) is 1.50. The Hall–Kier alpha value is -1.43. The highest BCUT2D eigenvalue weighted by atomic mass is 16.5. The van der Waals surface area contributed by atoms with Crippen LogP contribution in [0.5, 0.6) is 0 Å². The third-order valence-electron chi connectivity index (χ3n) is 2.52. The molecule has 0 aliphatic rings. The molecule has 0 radical (unpaired) electrons. The fraction of sp³-hybridized carbons (Fsp3) is 0.500. The van der Waals surface area contributed by atoms with E-state index in [1.54, 1.807) is 12.1 Å². The Labute approximate surface area is 113 Å². The van der Waals surface area contributed by atoms with Crippen molar-refractivity contribution in [2.45, 2.75) is 6.42 Å². The van der Waals surface area contributed by atoms with E-state index in [1.165, 1.54) is 7.11 Å². The number of rotatable bonds is 9. The smallest absolute Gasteiger partial charge is 0.337 e. The average Bonchev–Trinajstić information content (AvgIpc) is 2.46. The lowest BCUT2D eigenvalue weighted by atomic mass is 10.1. The normalized spacial score (nSPS) is 10.4. The molecule has 19 heavy (non-hydrogen) atoms. The summed E-state index contributed by atoms with van der Waals surface area (Å²) in [5.41, 5.74) is 1.65. The van der Waals surface area contributed by atoms with Crippen molar-refractivity contribution in [1.29, 1.82) is 0 Å². The summed E-state index contributed by atoms with van der Waals surface area (Å²) in [4.78, 5) is 11.2. The SMILES string of the molecule is COC(=O)c1ccc(CCOCCOCCO)cc1. The van der Waals surface area contributed by atoms with Crippen LogP contribution in [-0.4, -0.2) is 51.2 Å². The van der Waals surface area contributed by atoms with E-state index in [4.69, 9.17) is 14.6 Å². The van der Waals surface area contributed by atoms with Gasteiger partial charge in [-0.2, -0.15) is 0 Å². The molecule has 0 atom stereocenters. The van der Waals surface area contributed by atoms with Crippen molar-refractivity contribution in [3.8, 4) is 0 Å². The van der Waals surface area contributed by atoms with Gasteiger partial charge in [0.25, 0.3) is 0 Å². The number of benzene rings is 1. The summed E-state index contributed by atoms with van der Waals surface area (Å²) in [5, 5.41) is 8.50. The van der Waals surface area contributed by atoms with E-state index in [9.17, 15) is 4.79 Å². The monoisotopic (exact) mass is 268 g/mol. The van der Waals surface area contributed by atoms with E-state index < -0.39 is 0 Å². The molecule has 5 heteroatoms. The Bertz CT molecular complexity index is 361. The number of hydrogen-bond donors (Lipinski definition) is 1. The number of aliphatic hydroxyl groups is 1. The molecule has 0 saturated carbocycles. The van der Waals surface area contributed by atoms with Crippen LogP contribution in [-0.2, 0) is 20.6 Å².